The minimum absolute atomic E-state index is 0.675. The van der Waals surface area contributed by atoms with E-state index in [4.69, 9.17) is 5.73 Å². The molecule has 0 saturated heterocycles. The molecule has 1 nitrogen and oxygen atoms in total. The Labute approximate surface area is 94.9 Å². The van der Waals surface area contributed by atoms with Gasteiger partial charge in [0.15, 0.2) is 0 Å². The van der Waals surface area contributed by atoms with E-state index in [1.165, 1.54) is 32.5 Å². The molecule has 2 heteroatoms. The lowest BCUT2D eigenvalue weighted by Gasteiger charge is -2.00. The molecule has 0 unspecified atom stereocenters. The van der Waals surface area contributed by atoms with Crippen LogP contribution in [0, 0.1) is 6.92 Å². The Hall–Kier alpha value is -0.860. The summed E-state index contributed by atoms with van der Waals surface area (Å²) in [6, 6.07) is 6.54. The second-order valence-electron chi connectivity index (χ2n) is 3.91. The van der Waals surface area contributed by atoms with Gasteiger partial charge in [-0.05, 0) is 29.9 Å². The van der Waals surface area contributed by atoms with Crippen LogP contribution in [0.4, 0.5) is 0 Å². The Morgan fingerprint density at radius 2 is 2.13 bits per heavy atom. The zero-order valence-electron chi connectivity index (χ0n) is 9.34. The topological polar surface area (TPSA) is 26.0 Å². The third-order valence-corrected chi connectivity index (χ3v) is 4.19. The van der Waals surface area contributed by atoms with Gasteiger partial charge in [-0.15, -0.1) is 11.3 Å². The van der Waals surface area contributed by atoms with Crippen LogP contribution in [0.1, 0.15) is 29.3 Å². The fraction of sp³-hybridized carbons (Fsp3) is 0.385. The highest BCUT2D eigenvalue weighted by molar-refractivity contribution is 7.19. The van der Waals surface area contributed by atoms with Gasteiger partial charge >= 0.3 is 0 Å². The number of hydrogen-bond donors (Lipinski definition) is 1. The molecule has 1 aromatic heterocycles. The molecule has 2 rings (SSSR count). The Morgan fingerprint density at radius 1 is 1.33 bits per heavy atom. The van der Waals surface area contributed by atoms with Gasteiger partial charge in [0.25, 0.3) is 0 Å². The molecule has 2 N–H and O–H groups in total. The molecule has 15 heavy (non-hydrogen) atoms. The maximum absolute atomic E-state index is 5.81. The summed E-state index contributed by atoms with van der Waals surface area (Å²) in [5.41, 5.74) is 8.65. The van der Waals surface area contributed by atoms with E-state index < -0.39 is 0 Å². The van der Waals surface area contributed by atoms with Crippen molar-refractivity contribution in [2.45, 2.75) is 33.2 Å². The standard InChI is InChI=1S/C13H17NS/c1-3-5-10-11-7-4-6-9(2)13(11)15-12(10)8-14/h4,6-7H,3,5,8,14H2,1-2H3. The van der Waals surface area contributed by atoms with Gasteiger partial charge in [-0.3, -0.25) is 0 Å². The van der Waals surface area contributed by atoms with E-state index in [9.17, 15) is 0 Å². The van der Waals surface area contributed by atoms with E-state index in [0.29, 0.717) is 6.54 Å². The highest BCUT2D eigenvalue weighted by atomic mass is 32.1. The van der Waals surface area contributed by atoms with E-state index in [1.54, 1.807) is 0 Å². The Kier molecular flexibility index (Phi) is 3.08. The number of thiophene rings is 1. The van der Waals surface area contributed by atoms with Crippen molar-refractivity contribution in [3.05, 3.63) is 34.2 Å². The first-order valence-corrected chi connectivity index (χ1v) is 6.29. The molecule has 80 valence electrons. The minimum Gasteiger partial charge on any atom is -0.326 e. The van der Waals surface area contributed by atoms with Gasteiger partial charge in [0, 0.05) is 16.1 Å². The van der Waals surface area contributed by atoms with E-state index in [2.05, 4.69) is 32.0 Å². The number of fused-ring (bicyclic) bond motifs is 1. The number of aryl methyl sites for hydroxylation is 2. The van der Waals surface area contributed by atoms with Crippen molar-refractivity contribution in [2.75, 3.05) is 0 Å². The second-order valence-corrected chi connectivity index (χ2v) is 5.01. The summed E-state index contributed by atoms with van der Waals surface area (Å²) < 4.78 is 1.42. The zero-order valence-corrected chi connectivity index (χ0v) is 10.2. The number of rotatable bonds is 3. The summed E-state index contributed by atoms with van der Waals surface area (Å²) in [5.74, 6) is 0. The third kappa shape index (κ3) is 1.80. The third-order valence-electron chi connectivity index (χ3n) is 2.78. The number of hydrogen-bond acceptors (Lipinski definition) is 2. The fourth-order valence-electron chi connectivity index (χ4n) is 2.05. The molecule has 0 saturated carbocycles. The zero-order chi connectivity index (χ0) is 10.8. The van der Waals surface area contributed by atoms with Crippen LogP contribution in [-0.2, 0) is 13.0 Å². The monoisotopic (exact) mass is 219 g/mol. The number of benzene rings is 1. The van der Waals surface area contributed by atoms with Gasteiger partial charge in [0.2, 0.25) is 0 Å². The maximum atomic E-state index is 5.81. The highest BCUT2D eigenvalue weighted by Crippen LogP contribution is 2.33. The van der Waals surface area contributed by atoms with Crippen LogP contribution in [0.5, 0.6) is 0 Å². The van der Waals surface area contributed by atoms with Gasteiger partial charge in [0.05, 0.1) is 0 Å². The van der Waals surface area contributed by atoms with Gasteiger partial charge in [0.1, 0.15) is 0 Å². The molecule has 0 bridgehead atoms. The molecule has 1 aromatic carbocycles. The molecule has 0 radical (unpaired) electrons. The minimum atomic E-state index is 0.675. The largest absolute Gasteiger partial charge is 0.326 e. The molecular weight excluding hydrogens is 202 g/mol. The average molecular weight is 219 g/mol. The molecule has 0 spiro atoms. The van der Waals surface area contributed by atoms with Crippen molar-refractivity contribution in [2.24, 2.45) is 5.73 Å². The van der Waals surface area contributed by atoms with Crippen LogP contribution in [0.15, 0.2) is 18.2 Å². The van der Waals surface area contributed by atoms with Gasteiger partial charge in [-0.2, -0.15) is 0 Å². The summed E-state index contributed by atoms with van der Waals surface area (Å²) in [6.45, 7) is 5.07. The van der Waals surface area contributed by atoms with Crippen molar-refractivity contribution in [1.29, 1.82) is 0 Å². The first-order chi connectivity index (χ1) is 7.27. The van der Waals surface area contributed by atoms with Gasteiger partial charge in [-0.25, -0.2) is 0 Å². The maximum Gasteiger partial charge on any atom is 0.0378 e. The lowest BCUT2D eigenvalue weighted by atomic mass is 10.0. The molecule has 0 amide bonds. The van der Waals surface area contributed by atoms with Crippen LogP contribution in [0.3, 0.4) is 0 Å². The van der Waals surface area contributed by atoms with Crippen LogP contribution in [0.25, 0.3) is 10.1 Å². The molecular formula is C13H17NS. The van der Waals surface area contributed by atoms with Crippen molar-refractivity contribution < 1.29 is 0 Å². The normalized spacial score (nSPS) is 11.1. The highest BCUT2D eigenvalue weighted by Gasteiger charge is 2.10. The second kappa shape index (κ2) is 4.33. The Bertz CT molecular complexity index is 471. The van der Waals surface area contributed by atoms with Gasteiger partial charge in [-0.1, -0.05) is 31.5 Å². The molecule has 0 fully saturated rings. The van der Waals surface area contributed by atoms with Crippen molar-refractivity contribution in [3.8, 4) is 0 Å². The lowest BCUT2D eigenvalue weighted by molar-refractivity contribution is 0.912. The van der Waals surface area contributed by atoms with E-state index in [1.807, 2.05) is 11.3 Å². The summed E-state index contributed by atoms with van der Waals surface area (Å²) in [5, 5.41) is 1.42. The Balaban J connectivity index is 2.68. The van der Waals surface area contributed by atoms with E-state index >= 15 is 0 Å². The quantitative estimate of drug-likeness (QED) is 0.838. The van der Waals surface area contributed by atoms with E-state index in [-0.39, 0.29) is 0 Å². The molecule has 1 heterocycles. The SMILES string of the molecule is CCCc1c(CN)sc2c(C)cccc12. The predicted octanol–water partition coefficient (Wildman–Crippen LogP) is 3.62. The first-order valence-electron chi connectivity index (χ1n) is 5.47. The first kappa shape index (κ1) is 10.7. The number of nitrogens with two attached hydrogens (primary N) is 1. The van der Waals surface area contributed by atoms with E-state index in [0.717, 1.165) is 6.42 Å². The summed E-state index contributed by atoms with van der Waals surface area (Å²) in [6.07, 6.45) is 2.34. The fourth-order valence-corrected chi connectivity index (χ4v) is 3.24. The average Bonchev–Trinajstić information content (AvgIpc) is 2.59. The molecule has 0 aliphatic carbocycles. The van der Waals surface area contributed by atoms with Crippen LogP contribution in [0.2, 0.25) is 0 Å². The van der Waals surface area contributed by atoms with Crippen molar-refractivity contribution in [1.82, 2.24) is 0 Å². The molecule has 0 atom stereocenters. The summed E-state index contributed by atoms with van der Waals surface area (Å²) in [7, 11) is 0. The van der Waals surface area contributed by atoms with Crippen LogP contribution in [-0.4, -0.2) is 0 Å². The summed E-state index contributed by atoms with van der Waals surface area (Å²) >= 11 is 1.87. The Morgan fingerprint density at radius 3 is 2.80 bits per heavy atom. The lowest BCUT2D eigenvalue weighted by Crippen LogP contribution is -1.97. The molecule has 2 aromatic rings. The van der Waals surface area contributed by atoms with Crippen LogP contribution >= 0.6 is 11.3 Å². The summed E-state index contributed by atoms with van der Waals surface area (Å²) in [4.78, 5) is 1.36. The van der Waals surface area contributed by atoms with Crippen LogP contribution < -0.4 is 5.73 Å². The van der Waals surface area contributed by atoms with Crippen molar-refractivity contribution in [3.63, 3.8) is 0 Å². The van der Waals surface area contributed by atoms with Gasteiger partial charge < -0.3 is 5.73 Å². The molecule has 0 aliphatic rings. The predicted molar refractivity (Wildman–Crippen MR) is 68.4 cm³/mol. The molecule has 0 aliphatic heterocycles. The smallest absolute Gasteiger partial charge is 0.0378 e. The van der Waals surface area contributed by atoms with Crippen molar-refractivity contribution >= 4 is 21.4 Å².